The van der Waals surface area contributed by atoms with E-state index < -0.39 is 5.60 Å². The number of aryl methyl sites for hydroxylation is 1. The van der Waals surface area contributed by atoms with Crippen LogP contribution in [0.3, 0.4) is 0 Å². The zero-order valence-corrected chi connectivity index (χ0v) is 12.9. The molecule has 22 heavy (non-hydrogen) atoms. The van der Waals surface area contributed by atoms with Crippen LogP contribution in [-0.4, -0.2) is 17.7 Å². The van der Waals surface area contributed by atoms with Crippen molar-refractivity contribution in [3.63, 3.8) is 0 Å². The van der Waals surface area contributed by atoms with E-state index in [4.69, 9.17) is 4.74 Å². The summed E-state index contributed by atoms with van der Waals surface area (Å²) in [5.74, 6) is -0.373. The standard InChI is InChI=1S/C19H22O3/c1-2-22-18(20)15-19(21,17-11-7-4-8-12-17)14-13-16-9-5-3-6-10-16/h3-12,21H,2,13-15H2,1H3/t19-/m0/s1. The van der Waals surface area contributed by atoms with Gasteiger partial charge >= 0.3 is 5.97 Å². The van der Waals surface area contributed by atoms with E-state index in [9.17, 15) is 9.90 Å². The highest BCUT2D eigenvalue weighted by atomic mass is 16.5. The molecular weight excluding hydrogens is 276 g/mol. The van der Waals surface area contributed by atoms with Crippen molar-refractivity contribution in [3.8, 4) is 0 Å². The van der Waals surface area contributed by atoms with Crippen molar-refractivity contribution in [2.75, 3.05) is 6.61 Å². The molecule has 3 nitrogen and oxygen atoms in total. The van der Waals surface area contributed by atoms with Gasteiger partial charge in [0.15, 0.2) is 0 Å². The maximum absolute atomic E-state index is 11.9. The van der Waals surface area contributed by atoms with Crippen LogP contribution < -0.4 is 0 Å². The topological polar surface area (TPSA) is 46.5 Å². The first kappa shape index (κ1) is 16.2. The van der Waals surface area contributed by atoms with Crippen molar-refractivity contribution < 1.29 is 14.6 Å². The van der Waals surface area contributed by atoms with E-state index >= 15 is 0 Å². The minimum atomic E-state index is -1.21. The number of hydrogen-bond acceptors (Lipinski definition) is 3. The Balaban J connectivity index is 2.16. The molecule has 0 heterocycles. The zero-order valence-electron chi connectivity index (χ0n) is 12.9. The maximum Gasteiger partial charge on any atom is 0.309 e. The fourth-order valence-electron chi connectivity index (χ4n) is 2.53. The minimum absolute atomic E-state index is 0.0301. The first-order chi connectivity index (χ1) is 10.6. The third-order valence-corrected chi connectivity index (χ3v) is 3.72. The van der Waals surface area contributed by atoms with Crippen molar-refractivity contribution >= 4 is 5.97 Å². The molecule has 1 N–H and O–H groups in total. The molecule has 0 bridgehead atoms. The molecule has 0 saturated heterocycles. The average Bonchev–Trinajstić information content (AvgIpc) is 2.55. The molecule has 0 amide bonds. The van der Waals surface area contributed by atoms with Crippen LogP contribution in [0.15, 0.2) is 60.7 Å². The summed E-state index contributed by atoms with van der Waals surface area (Å²) in [4.78, 5) is 11.9. The van der Waals surface area contributed by atoms with Crippen LogP contribution in [0, 0.1) is 0 Å². The van der Waals surface area contributed by atoms with Crippen LogP contribution in [-0.2, 0) is 21.6 Å². The SMILES string of the molecule is CCOC(=O)C[C@@](O)(CCc1ccccc1)c1ccccc1. The Hall–Kier alpha value is -2.13. The van der Waals surface area contributed by atoms with Crippen LogP contribution >= 0.6 is 0 Å². The molecular formula is C19H22O3. The van der Waals surface area contributed by atoms with E-state index in [0.717, 1.165) is 11.1 Å². The molecule has 3 heteroatoms. The van der Waals surface area contributed by atoms with E-state index in [0.29, 0.717) is 19.4 Å². The summed E-state index contributed by atoms with van der Waals surface area (Å²) in [5, 5.41) is 11.0. The second-order valence-electron chi connectivity index (χ2n) is 5.37. The molecule has 0 aliphatic carbocycles. The minimum Gasteiger partial charge on any atom is -0.466 e. The number of carbonyl (C=O) groups excluding carboxylic acids is 1. The Labute approximate surface area is 131 Å². The Morgan fingerprint density at radius 1 is 1.05 bits per heavy atom. The first-order valence-corrected chi connectivity index (χ1v) is 7.61. The van der Waals surface area contributed by atoms with Crippen molar-refractivity contribution in [1.29, 1.82) is 0 Å². The first-order valence-electron chi connectivity index (χ1n) is 7.61. The van der Waals surface area contributed by atoms with Crippen molar-refractivity contribution in [2.24, 2.45) is 0 Å². The van der Waals surface area contributed by atoms with E-state index in [1.54, 1.807) is 6.92 Å². The fraction of sp³-hybridized carbons (Fsp3) is 0.316. The fourth-order valence-corrected chi connectivity index (χ4v) is 2.53. The predicted molar refractivity (Wildman–Crippen MR) is 86.4 cm³/mol. The van der Waals surface area contributed by atoms with Crippen LogP contribution in [0.5, 0.6) is 0 Å². The number of benzene rings is 2. The molecule has 2 rings (SSSR count). The normalized spacial score (nSPS) is 13.4. The molecule has 2 aromatic rings. The lowest BCUT2D eigenvalue weighted by Gasteiger charge is -2.28. The van der Waals surface area contributed by atoms with Crippen molar-refractivity contribution in [3.05, 3.63) is 71.8 Å². The lowest BCUT2D eigenvalue weighted by atomic mass is 9.85. The Morgan fingerprint density at radius 2 is 1.64 bits per heavy atom. The Kier molecular flexibility index (Phi) is 5.73. The molecule has 0 spiro atoms. The largest absolute Gasteiger partial charge is 0.466 e. The van der Waals surface area contributed by atoms with Gasteiger partial charge in [-0.15, -0.1) is 0 Å². The van der Waals surface area contributed by atoms with Gasteiger partial charge in [-0.2, -0.15) is 0 Å². The Bertz CT molecular complexity index is 580. The van der Waals surface area contributed by atoms with Crippen LogP contribution in [0.4, 0.5) is 0 Å². The van der Waals surface area contributed by atoms with Crippen molar-refractivity contribution in [1.82, 2.24) is 0 Å². The van der Waals surface area contributed by atoms with Crippen LogP contribution in [0.25, 0.3) is 0 Å². The van der Waals surface area contributed by atoms with Crippen LogP contribution in [0.1, 0.15) is 30.9 Å². The maximum atomic E-state index is 11.9. The summed E-state index contributed by atoms with van der Waals surface area (Å²) in [5.41, 5.74) is 0.684. The van der Waals surface area contributed by atoms with E-state index in [1.165, 1.54) is 0 Å². The zero-order chi connectivity index (χ0) is 15.8. The number of carbonyl (C=O) groups is 1. The molecule has 0 unspecified atom stereocenters. The molecule has 0 saturated carbocycles. The highest BCUT2D eigenvalue weighted by Gasteiger charge is 2.32. The summed E-state index contributed by atoms with van der Waals surface area (Å²) >= 11 is 0. The number of ether oxygens (including phenoxy) is 1. The molecule has 116 valence electrons. The summed E-state index contributed by atoms with van der Waals surface area (Å²) in [6.07, 6.45) is 1.14. The number of aliphatic hydroxyl groups is 1. The lowest BCUT2D eigenvalue weighted by molar-refractivity contribution is -0.149. The molecule has 0 aliphatic rings. The highest BCUT2D eigenvalue weighted by Crippen LogP contribution is 2.30. The summed E-state index contributed by atoms with van der Waals surface area (Å²) in [7, 11) is 0. The second-order valence-corrected chi connectivity index (χ2v) is 5.37. The molecule has 2 aromatic carbocycles. The summed E-state index contributed by atoms with van der Waals surface area (Å²) in [6, 6.07) is 19.3. The highest BCUT2D eigenvalue weighted by molar-refractivity contribution is 5.71. The van der Waals surface area contributed by atoms with Gasteiger partial charge in [-0.1, -0.05) is 60.7 Å². The van der Waals surface area contributed by atoms with E-state index in [-0.39, 0.29) is 12.4 Å². The monoisotopic (exact) mass is 298 g/mol. The molecule has 0 fully saturated rings. The van der Waals surface area contributed by atoms with Gasteiger partial charge in [0.05, 0.1) is 13.0 Å². The molecule has 1 atom stereocenters. The Morgan fingerprint density at radius 3 is 2.23 bits per heavy atom. The summed E-state index contributed by atoms with van der Waals surface area (Å²) < 4.78 is 5.01. The average molecular weight is 298 g/mol. The number of rotatable bonds is 7. The van der Waals surface area contributed by atoms with E-state index in [2.05, 4.69) is 0 Å². The lowest BCUT2D eigenvalue weighted by Crippen LogP contribution is -2.30. The second kappa shape index (κ2) is 7.76. The number of esters is 1. The van der Waals surface area contributed by atoms with Crippen molar-refractivity contribution in [2.45, 2.75) is 31.8 Å². The van der Waals surface area contributed by atoms with Gasteiger partial charge in [-0.05, 0) is 30.9 Å². The smallest absolute Gasteiger partial charge is 0.309 e. The van der Waals surface area contributed by atoms with Gasteiger partial charge in [0, 0.05) is 0 Å². The third kappa shape index (κ3) is 4.43. The third-order valence-electron chi connectivity index (χ3n) is 3.72. The molecule has 0 aliphatic heterocycles. The van der Waals surface area contributed by atoms with Gasteiger partial charge in [0.1, 0.15) is 5.60 Å². The van der Waals surface area contributed by atoms with Gasteiger partial charge in [-0.25, -0.2) is 0 Å². The number of hydrogen-bond donors (Lipinski definition) is 1. The van der Waals surface area contributed by atoms with E-state index in [1.807, 2.05) is 60.7 Å². The van der Waals surface area contributed by atoms with Gasteiger partial charge in [0.2, 0.25) is 0 Å². The van der Waals surface area contributed by atoms with Gasteiger partial charge < -0.3 is 9.84 Å². The predicted octanol–water partition coefficient (Wildman–Crippen LogP) is 3.46. The molecule has 0 aromatic heterocycles. The summed E-state index contributed by atoms with van der Waals surface area (Å²) in [6.45, 7) is 2.09. The van der Waals surface area contributed by atoms with Crippen LogP contribution in [0.2, 0.25) is 0 Å². The quantitative estimate of drug-likeness (QED) is 0.796. The van der Waals surface area contributed by atoms with Gasteiger partial charge in [-0.3, -0.25) is 4.79 Å². The van der Waals surface area contributed by atoms with Gasteiger partial charge in [0.25, 0.3) is 0 Å². The molecule has 0 radical (unpaired) electrons.